The number of aliphatic hydroxyl groups excluding tert-OH is 1. The summed E-state index contributed by atoms with van der Waals surface area (Å²) in [7, 11) is 0. The van der Waals surface area contributed by atoms with Crippen molar-refractivity contribution >= 4 is 36.0 Å². The van der Waals surface area contributed by atoms with Gasteiger partial charge in [-0.3, -0.25) is 0 Å². The van der Waals surface area contributed by atoms with E-state index in [1.807, 2.05) is 24.3 Å². The third kappa shape index (κ3) is 6.34. The summed E-state index contributed by atoms with van der Waals surface area (Å²) in [5, 5.41) is 12.9. The first-order valence-corrected chi connectivity index (χ1v) is 9.75. The lowest BCUT2D eigenvalue weighted by atomic mass is 10.0. The van der Waals surface area contributed by atoms with E-state index < -0.39 is 0 Å². The van der Waals surface area contributed by atoms with Gasteiger partial charge in [0, 0.05) is 19.6 Å². The molecule has 0 radical (unpaired) electrons. The molecule has 0 unspecified atom stereocenters. The highest BCUT2D eigenvalue weighted by Crippen LogP contribution is 2.20. The number of aliphatic hydroxyl groups is 1. The summed E-state index contributed by atoms with van der Waals surface area (Å²) in [5.74, 6) is 0.962. The van der Waals surface area contributed by atoms with Crippen LogP contribution in [0.15, 0.2) is 65.2 Å². The number of piperidine rings is 1. The van der Waals surface area contributed by atoms with Crippen molar-refractivity contribution in [3.8, 4) is 0 Å². The van der Waals surface area contributed by atoms with E-state index in [2.05, 4.69) is 53.5 Å². The van der Waals surface area contributed by atoms with E-state index in [1.54, 1.807) is 0 Å². The molecule has 1 aliphatic rings. The first-order valence-electron chi connectivity index (χ1n) is 9.75. The summed E-state index contributed by atoms with van der Waals surface area (Å²) in [6.45, 7) is 5.55. The minimum atomic E-state index is 0. The Hall–Kier alpha value is -1.86. The molecule has 5 heteroatoms. The smallest absolute Gasteiger partial charge is 0.194 e. The minimum absolute atomic E-state index is 0. The van der Waals surface area contributed by atoms with Crippen molar-refractivity contribution in [3.63, 3.8) is 0 Å². The molecule has 2 N–H and O–H groups in total. The summed E-state index contributed by atoms with van der Waals surface area (Å²) in [5.41, 5.74) is 4.81. The zero-order valence-corrected chi connectivity index (χ0v) is 18.8. The highest BCUT2D eigenvalue weighted by Gasteiger charge is 2.17. The van der Waals surface area contributed by atoms with Gasteiger partial charge in [-0.15, -0.1) is 24.0 Å². The molecule has 28 heavy (non-hydrogen) atoms. The third-order valence-corrected chi connectivity index (χ3v) is 4.90. The first-order chi connectivity index (χ1) is 13.3. The Balaban J connectivity index is 0.00000280. The van der Waals surface area contributed by atoms with Gasteiger partial charge in [-0.1, -0.05) is 66.2 Å². The molecule has 1 aliphatic heterocycles. The van der Waals surface area contributed by atoms with Crippen molar-refractivity contribution < 1.29 is 5.11 Å². The average molecular weight is 491 g/mol. The SMILES string of the molecule is CCNC(=NCc1ccccc1CO)N1CCC(=Cc2ccccc2)CC1.I. The number of rotatable bonds is 5. The summed E-state index contributed by atoms with van der Waals surface area (Å²) in [6.07, 6.45) is 4.44. The Kier molecular flexibility index (Phi) is 9.50. The van der Waals surface area contributed by atoms with Crippen LogP contribution in [0, 0.1) is 0 Å². The average Bonchev–Trinajstić information content (AvgIpc) is 2.73. The van der Waals surface area contributed by atoms with E-state index in [-0.39, 0.29) is 30.6 Å². The van der Waals surface area contributed by atoms with Crippen LogP contribution in [0.4, 0.5) is 0 Å². The second-order valence-electron chi connectivity index (χ2n) is 6.80. The lowest BCUT2D eigenvalue weighted by Crippen LogP contribution is -2.44. The van der Waals surface area contributed by atoms with Crippen LogP contribution in [0.5, 0.6) is 0 Å². The molecule has 3 rings (SSSR count). The predicted octanol–water partition coefficient (Wildman–Crippen LogP) is 4.44. The van der Waals surface area contributed by atoms with Crippen molar-refractivity contribution in [2.24, 2.45) is 4.99 Å². The molecular weight excluding hydrogens is 461 g/mol. The van der Waals surface area contributed by atoms with Gasteiger partial charge in [0.2, 0.25) is 0 Å². The predicted molar refractivity (Wildman–Crippen MR) is 128 cm³/mol. The van der Waals surface area contributed by atoms with Crippen LogP contribution in [0.3, 0.4) is 0 Å². The van der Waals surface area contributed by atoms with E-state index in [4.69, 9.17) is 4.99 Å². The molecule has 0 aromatic heterocycles. The van der Waals surface area contributed by atoms with Crippen LogP contribution in [0.25, 0.3) is 6.08 Å². The van der Waals surface area contributed by atoms with Crippen molar-refractivity contribution in [3.05, 3.63) is 76.9 Å². The second kappa shape index (κ2) is 11.9. The van der Waals surface area contributed by atoms with Gasteiger partial charge >= 0.3 is 0 Å². The molecule has 0 amide bonds. The molecule has 0 aliphatic carbocycles. The highest BCUT2D eigenvalue weighted by atomic mass is 127. The lowest BCUT2D eigenvalue weighted by Gasteiger charge is -2.31. The van der Waals surface area contributed by atoms with Crippen molar-refractivity contribution in [2.75, 3.05) is 19.6 Å². The summed E-state index contributed by atoms with van der Waals surface area (Å²) in [4.78, 5) is 7.17. The molecular formula is C23H30IN3O. The monoisotopic (exact) mass is 491 g/mol. The fourth-order valence-electron chi connectivity index (χ4n) is 3.39. The molecule has 1 fully saturated rings. The van der Waals surface area contributed by atoms with Gasteiger partial charge in [0.1, 0.15) is 0 Å². The van der Waals surface area contributed by atoms with Gasteiger partial charge < -0.3 is 15.3 Å². The fourth-order valence-corrected chi connectivity index (χ4v) is 3.39. The largest absolute Gasteiger partial charge is 0.392 e. The molecule has 0 bridgehead atoms. The number of hydrogen-bond acceptors (Lipinski definition) is 2. The summed E-state index contributed by atoms with van der Waals surface area (Å²) in [6, 6.07) is 18.5. The van der Waals surface area contributed by atoms with Gasteiger partial charge in [-0.2, -0.15) is 0 Å². The Morgan fingerprint density at radius 3 is 2.32 bits per heavy atom. The number of benzene rings is 2. The van der Waals surface area contributed by atoms with E-state index in [0.717, 1.165) is 49.6 Å². The minimum Gasteiger partial charge on any atom is -0.392 e. The van der Waals surface area contributed by atoms with Gasteiger partial charge in [-0.05, 0) is 36.5 Å². The van der Waals surface area contributed by atoms with Crippen LogP contribution in [-0.4, -0.2) is 35.6 Å². The van der Waals surface area contributed by atoms with Gasteiger partial charge in [0.15, 0.2) is 5.96 Å². The molecule has 4 nitrogen and oxygen atoms in total. The second-order valence-corrected chi connectivity index (χ2v) is 6.80. The highest BCUT2D eigenvalue weighted by molar-refractivity contribution is 14.0. The number of aliphatic imine (C=N–C) groups is 1. The number of likely N-dealkylation sites (tertiary alicyclic amines) is 1. The van der Waals surface area contributed by atoms with Gasteiger partial charge in [-0.25, -0.2) is 4.99 Å². The topological polar surface area (TPSA) is 47.9 Å². The summed E-state index contributed by atoms with van der Waals surface area (Å²) >= 11 is 0. The Morgan fingerprint density at radius 2 is 1.68 bits per heavy atom. The zero-order chi connectivity index (χ0) is 18.9. The molecule has 2 aromatic rings. The zero-order valence-electron chi connectivity index (χ0n) is 16.5. The number of nitrogens with one attached hydrogen (secondary N) is 1. The third-order valence-electron chi connectivity index (χ3n) is 4.90. The number of guanidine groups is 1. The van der Waals surface area contributed by atoms with E-state index >= 15 is 0 Å². The Morgan fingerprint density at radius 1 is 1.04 bits per heavy atom. The fraction of sp³-hybridized carbons (Fsp3) is 0.348. The lowest BCUT2D eigenvalue weighted by molar-refractivity contribution is 0.280. The number of hydrogen-bond donors (Lipinski definition) is 2. The van der Waals surface area contributed by atoms with Crippen LogP contribution in [0.2, 0.25) is 0 Å². The summed E-state index contributed by atoms with van der Waals surface area (Å²) < 4.78 is 0. The van der Waals surface area contributed by atoms with Crippen LogP contribution >= 0.6 is 24.0 Å². The van der Waals surface area contributed by atoms with Crippen LogP contribution in [-0.2, 0) is 13.2 Å². The van der Waals surface area contributed by atoms with E-state index in [1.165, 1.54) is 11.1 Å². The van der Waals surface area contributed by atoms with Gasteiger partial charge in [0.25, 0.3) is 0 Å². The molecule has 1 heterocycles. The molecule has 0 spiro atoms. The quantitative estimate of drug-likeness (QED) is 0.370. The Labute approximate surface area is 185 Å². The van der Waals surface area contributed by atoms with E-state index in [0.29, 0.717) is 6.54 Å². The van der Waals surface area contributed by atoms with Crippen LogP contribution in [0.1, 0.15) is 36.5 Å². The van der Waals surface area contributed by atoms with Crippen molar-refractivity contribution in [1.82, 2.24) is 10.2 Å². The standard InChI is InChI=1S/C23H29N3O.HI/c1-2-24-23(25-17-21-10-6-7-11-22(21)18-27)26-14-12-20(13-15-26)16-19-8-4-3-5-9-19;/h3-11,16,27H,2,12-15,17-18H2,1H3,(H,24,25);1H. The first kappa shape index (κ1) is 22.4. The van der Waals surface area contributed by atoms with Crippen molar-refractivity contribution in [1.29, 1.82) is 0 Å². The maximum atomic E-state index is 9.51. The van der Waals surface area contributed by atoms with Crippen LogP contribution < -0.4 is 5.32 Å². The van der Waals surface area contributed by atoms with Gasteiger partial charge in [0.05, 0.1) is 13.2 Å². The molecule has 0 atom stereocenters. The molecule has 0 saturated carbocycles. The Bertz CT molecular complexity index is 779. The van der Waals surface area contributed by atoms with E-state index in [9.17, 15) is 5.11 Å². The molecule has 2 aromatic carbocycles. The maximum Gasteiger partial charge on any atom is 0.194 e. The van der Waals surface area contributed by atoms with Crippen molar-refractivity contribution in [2.45, 2.75) is 32.9 Å². The molecule has 150 valence electrons. The maximum absolute atomic E-state index is 9.51. The normalized spacial score (nSPS) is 14.4. The number of nitrogens with zero attached hydrogens (tertiary/aromatic N) is 2. The molecule has 1 saturated heterocycles. The number of halogens is 1.